The molecule has 1 aromatic heterocycles. The highest BCUT2D eigenvalue weighted by molar-refractivity contribution is 7.99. The molecule has 8 nitrogen and oxygen atoms in total. The average Bonchev–Trinajstić information content (AvgIpc) is 3.20. The number of aliphatic imine (C=N–C) groups is 1. The van der Waals surface area contributed by atoms with E-state index < -0.39 is 0 Å². The van der Waals surface area contributed by atoms with Crippen molar-refractivity contribution in [3.05, 3.63) is 41.5 Å². The normalized spacial score (nSPS) is 16.5. The lowest BCUT2D eigenvalue weighted by atomic mass is 10.1. The number of benzene rings is 1. The number of piperazine rings is 1. The summed E-state index contributed by atoms with van der Waals surface area (Å²) < 4.78 is 0. The van der Waals surface area contributed by atoms with Crippen molar-refractivity contribution in [3.8, 4) is 0 Å². The average molecular weight is 466 g/mol. The van der Waals surface area contributed by atoms with Gasteiger partial charge < -0.3 is 15.1 Å². The molecule has 0 amide bonds. The quantitative estimate of drug-likeness (QED) is 0.634. The summed E-state index contributed by atoms with van der Waals surface area (Å²) >= 11 is 1.50. The Morgan fingerprint density at radius 3 is 2.52 bits per heavy atom. The van der Waals surface area contributed by atoms with Crippen LogP contribution in [0, 0.1) is 0 Å². The van der Waals surface area contributed by atoms with E-state index in [0.717, 1.165) is 48.9 Å². The number of amidine groups is 1. The van der Waals surface area contributed by atoms with E-state index in [4.69, 9.17) is 4.98 Å². The first-order valence-electron chi connectivity index (χ1n) is 11.4. The molecule has 1 aromatic carbocycles. The first-order chi connectivity index (χ1) is 16.0. The molecule has 0 bridgehead atoms. The molecule has 0 unspecified atom stereocenters. The monoisotopic (exact) mass is 465 g/mol. The molecule has 3 heterocycles. The van der Waals surface area contributed by atoms with E-state index in [1.165, 1.54) is 17.3 Å². The van der Waals surface area contributed by atoms with Gasteiger partial charge in [-0.15, -0.1) is 0 Å². The number of rotatable bonds is 8. The Morgan fingerprint density at radius 1 is 1.09 bits per heavy atom. The lowest BCUT2D eigenvalue weighted by Gasteiger charge is -2.32. The highest BCUT2D eigenvalue weighted by Gasteiger charge is 2.19. The van der Waals surface area contributed by atoms with Gasteiger partial charge in [0.15, 0.2) is 5.16 Å². The highest BCUT2D eigenvalue weighted by Crippen LogP contribution is 2.27. The molecule has 174 valence electrons. The maximum atomic E-state index is 11.9. The van der Waals surface area contributed by atoms with Crippen LogP contribution in [0.25, 0.3) is 0 Å². The predicted molar refractivity (Wildman–Crippen MR) is 133 cm³/mol. The summed E-state index contributed by atoms with van der Waals surface area (Å²) in [5.41, 5.74) is 2.24. The molecule has 2 aromatic rings. The number of anilines is 2. The maximum Gasteiger partial charge on any atom is 0.234 e. The standard InChI is InChI=1S/C24H31N7OS/c1-4-5-19(32)15-18-6-8-20(9-7-18)33-24-28-22(26-21-14-17(2)16-25-21)27-23(29-24)31-12-10-30(3)11-13-31/h6-9,14H,4-5,10-13,15-16H2,1-3H3,(H,25,26,27,28,29). The molecule has 1 N–H and O–H groups in total. The van der Waals surface area contributed by atoms with Gasteiger partial charge >= 0.3 is 0 Å². The molecule has 4 rings (SSSR count). The third-order valence-corrected chi connectivity index (χ3v) is 6.45. The summed E-state index contributed by atoms with van der Waals surface area (Å²) in [7, 11) is 2.13. The van der Waals surface area contributed by atoms with E-state index in [-0.39, 0.29) is 5.78 Å². The van der Waals surface area contributed by atoms with E-state index in [0.29, 0.717) is 36.4 Å². The number of carbonyl (C=O) groups excluding carboxylic acids is 1. The second-order valence-electron chi connectivity index (χ2n) is 8.56. The number of nitrogens with zero attached hydrogens (tertiary/aromatic N) is 6. The minimum absolute atomic E-state index is 0.280. The number of nitrogens with one attached hydrogen (secondary N) is 1. The second kappa shape index (κ2) is 10.9. The number of carbonyl (C=O) groups is 1. The van der Waals surface area contributed by atoms with E-state index in [1.807, 2.05) is 37.3 Å². The van der Waals surface area contributed by atoms with Gasteiger partial charge in [-0.1, -0.05) is 19.1 Å². The Balaban J connectivity index is 1.52. The Bertz CT molecular complexity index is 1040. The van der Waals surface area contributed by atoms with Crippen LogP contribution >= 0.6 is 11.8 Å². The Hall–Kier alpha value is -2.78. The number of hydrogen-bond donors (Lipinski definition) is 1. The number of aromatic nitrogens is 3. The zero-order valence-electron chi connectivity index (χ0n) is 19.5. The smallest absolute Gasteiger partial charge is 0.234 e. The van der Waals surface area contributed by atoms with Gasteiger partial charge in [0, 0.05) is 43.9 Å². The number of likely N-dealkylation sites (N-methyl/N-ethyl adjacent to an activating group) is 1. The van der Waals surface area contributed by atoms with E-state index in [9.17, 15) is 4.79 Å². The largest absolute Gasteiger partial charge is 0.338 e. The molecule has 0 radical (unpaired) electrons. The van der Waals surface area contributed by atoms with Crippen LogP contribution in [-0.4, -0.2) is 71.2 Å². The van der Waals surface area contributed by atoms with Crippen LogP contribution in [-0.2, 0) is 11.2 Å². The molecule has 2 aliphatic heterocycles. The van der Waals surface area contributed by atoms with Crippen molar-refractivity contribution in [3.63, 3.8) is 0 Å². The number of ketones is 1. The van der Waals surface area contributed by atoms with Crippen LogP contribution in [0.3, 0.4) is 0 Å². The third-order valence-electron chi connectivity index (χ3n) is 5.57. The molecule has 1 saturated heterocycles. The Morgan fingerprint density at radius 2 is 1.85 bits per heavy atom. The fourth-order valence-electron chi connectivity index (χ4n) is 3.70. The third kappa shape index (κ3) is 6.61. The van der Waals surface area contributed by atoms with E-state index >= 15 is 0 Å². The van der Waals surface area contributed by atoms with Crippen molar-refractivity contribution in [2.24, 2.45) is 4.99 Å². The van der Waals surface area contributed by atoms with Gasteiger partial charge in [0.2, 0.25) is 11.9 Å². The predicted octanol–water partition coefficient (Wildman–Crippen LogP) is 3.46. The van der Waals surface area contributed by atoms with Crippen LogP contribution in [0.15, 0.2) is 51.0 Å². The lowest BCUT2D eigenvalue weighted by Crippen LogP contribution is -2.45. The zero-order valence-corrected chi connectivity index (χ0v) is 20.4. The highest BCUT2D eigenvalue weighted by atomic mass is 32.2. The minimum Gasteiger partial charge on any atom is -0.338 e. The summed E-state index contributed by atoms with van der Waals surface area (Å²) in [5, 5.41) is 3.89. The van der Waals surface area contributed by atoms with Crippen molar-refractivity contribution >= 4 is 35.3 Å². The van der Waals surface area contributed by atoms with E-state index in [1.54, 1.807) is 0 Å². The molecular weight excluding hydrogens is 434 g/mol. The minimum atomic E-state index is 0.280. The van der Waals surface area contributed by atoms with E-state index in [2.05, 4.69) is 44.0 Å². The van der Waals surface area contributed by atoms with Gasteiger partial charge in [-0.25, -0.2) is 0 Å². The van der Waals surface area contributed by atoms with Crippen molar-refractivity contribution in [2.45, 2.75) is 43.2 Å². The summed E-state index contributed by atoms with van der Waals surface area (Å²) in [4.78, 5) is 36.1. The summed E-state index contributed by atoms with van der Waals surface area (Å²) in [6, 6.07) is 8.08. The SMILES string of the molecule is CCCC(=O)Cc1ccc(Sc2nc(NC3=NCC(C)=C3)nc(N3CCN(C)CC3)n2)cc1. The van der Waals surface area contributed by atoms with Crippen molar-refractivity contribution < 1.29 is 4.79 Å². The molecule has 0 atom stereocenters. The van der Waals surface area contributed by atoms with Gasteiger partial charge in [0.25, 0.3) is 0 Å². The Labute approximate surface area is 199 Å². The van der Waals surface area contributed by atoms with Crippen LogP contribution in [0.5, 0.6) is 0 Å². The first-order valence-corrected chi connectivity index (χ1v) is 12.3. The van der Waals surface area contributed by atoms with Crippen molar-refractivity contribution in [1.29, 1.82) is 0 Å². The molecule has 0 saturated carbocycles. The number of Topliss-reactive ketones (excluding diaryl/α,β-unsaturated/α-hetero) is 1. The van der Waals surface area contributed by atoms with Crippen LogP contribution in [0.4, 0.5) is 11.9 Å². The fourth-order valence-corrected chi connectivity index (χ4v) is 4.44. The summed E-state index contributed by atoms with van der Waals surface area (Å²) in [5.74, 6) is 2.25. The molecule has 0 spiro atoms. The van der Waals surface area contributed by atoms with Gasteiger partial charge in [-0.05, 0) is 61.5 Å². The van der Waals surface area contributed by atoms with Crippen molar-refractivity contribution in [1.82, 2.24) is 19.9 Å². The maximum absolute atomic E-state index is 11.9. The summed E-state index contributed by atoms with van der Waals surface area (Å²) in [6.07, 6.45) is 4.03. The molecule has 0 aliphatic carbocycles. The second-order valence-corrected chi connectivity index (χ2v) is 9.60. The van der Waals surface area contributed by atoms with Gasteiger partial charge in [0.05, 0.1) is 6.54 Å². The molecule has 9 heteroatoms. The Kier molecular flexibility index (Phi) is 7.72. The molecule has 2 aliphatic rings. The zero-order chi connectivity index (χ0) is 23.2. The van der Waals surface area contributed by atoms with Gasteiger partial charge in [-0.2, -0.15) is 15.0 Å². The van der Waals surface area contributed by atoms with Crippen molar-refractivity contribution in [2.75, 3.05) is 50.0 Å². The molecular formula is C24H31N7OS. The fraction of sp³-hybridized carbons (Fsp3) is 0.458. The lowest BCUT2D eigenvalue weighted by molar-refractivity contribution is -0.118. The topological polar surface area (TPSA) is 86.6 Å². The van der Waals surface area contributed by atoms with Crippen LogP contribution in [0.2, 0.25) is 0 Å². The summed E-state index contributed by atoms with van der Waals surface area (Å²) in [6.45, 7) is 8.50. The number of hydrogen-bond acceptors (Lipinski definition) is 9. The van der Waals surface area contributed by atoms with Gasteiger partial charge in [0.1, 0.15) is 11.6 Å². The molecule has 33 heavy (non-hydrogen) atoms. The first kappa shape index (κ1) is 23.4. The molecule has 1 fully saturated rings. The van der Waals surface area contributed by atoms with Gasteiger partial charge in [-0.3, -0.25) is 9.79 Å². The van der Waals surface area contributed by atoms with Crippen LogP contribution in [0.1, 0.15) is 32.3 Å². The van der Waals surface area contributed by atoms with Crippen LogP contribution < -0.4 is 10.2 Å².